The Hall–Kier alpha value is -0.860. The molecule has 20 heavy (non-hydrogen) atoms. The van der Waals surface area contributed by atoms with Gasteiger partial charge in [0.1, 0.15) is 0 Å². The molecule has 2 rings (SSSR count). The molecular weight excluding hydrogens is 244 g/mol. The van der Waals surface area contributed by atoms with E-state index in [4.69, 9.17) is 5.73 Å². The highest BCUT2D eigenvalue weighted by Crippen LogP contribution is 2.30. The number of hydrogen-bond donors (Lipinski definition) is 1. The second kappa shape index (κ2) is 6.28. The summed E-state index contributed by atoms with van der Waals surface area (Å²) >= 11 is 0. The van der Waals surface area contributed by atoms with Crippen molar-refractivity contribution in [2.24, 2.45) is 11.7 Å². The van der Waals surface area contributed by atoms with Crippen LogP contribution in [0.3, 0.4) is 0 Å². The molecule has 0 aromatic heterocycles. The summed E-state index contributed by atoms with van der Waals surface area (Å²) in [6, 6.07) is 9.48. The van der Waals surface area contributed by atoms with Gasteiger partial charge in [-0.3, -0.25) is 4.90 Å². The number of nitrogens with two attached hydrogens (primary N) is 1. The minimum Gasteiger partial charge on any atom is -0.329 e. The van der Waals surface area contributed by atoms with Gasteiger partial charge in [-0.15, -0.1) is 0 Å². The Morgan fingerprint density at radius 1 is 1.25 bits per heavy atom. The highest BCUT2D eigenvalue weighted by Gasteiger charge is 2.27. The van der Waals surface area contributed by atoms with Gasteiger partial charge in [0.2, 0.25) is 0 Å². The molecule has 2 N–H and O–H groups in total. The van der Waals surface area contributed by atoms with E-state index in [2.05, 4.69) is 56.9 Å². The molecule has 1 aromatic carbocycles. The van der Waals surface area contributed by atoms with Crippen molar-refractivity contribution in [1.82, 2.24) is 4.90 Å². The molecule has 0 amide bonds. The molecule has 0 aliphatic carbocycles. The van der Waals surface area contributed by atoms with Gasteiger partial charge in [-0.05, 0) is 35.4 Å². The number of nitrogens with zero attached hydrogens (tertiary/aromatic N) is 1. The smallest absolute Gasteiger partial charge is 0.0470 e. The van der Waals surface area contributed by atoms with Crippen LogP contribution >= 0.6 is 0 Å². The van der Waals surface area contributed by atoms with Crippen LogP contribution in [0.15, 0.2) is 24.3 Å². The highest BCUT2D eigenvalue weighted by molar-refractivity contribution is 5.29. The van der Waals surface area contributed by atoms with Crippen molar-refractivity contribution < 1.29 is 0 Å². The van der Waals surface area contributed by atoms with Gasteiger partial charge in [0, 0.05) is 19.1 Å². The molecule has 2 nitrogen and oxygen atoms in total. The van der Waals surface area contributed by atoms with Crippen LogP contribution in [0, 0.1) is 5.92 Å². The van der Waals surface area contributed by atoms with Gasteiger partial charge < -0.3 is 5.73 Å². The standard InChI is InChI=1S/C18H30N2/c1-5-14-10-11-20(13-14)17(12-19)15-6-8-16(9-7-15)18(2,3)4/h6-9,14,17H,5,10-13,19H2,1-4H3. The van der Waals surface area contributed by atoms with E-state index in [9.17, 15) is 0 Å². The summed E-state index contributed by atoms with van der Waals surface area (Å²) in [7, 11) is 0. The number of benzene rings is 1. The third-order valence-electron chi connectivity index (χ3n) is 4.72. The van der Waals surface area contributed by atoms with Crippen LogP contribution in [0.4, 0.5) is 0 Å². The molecule has 112 valence electrons. The number of hydrogen-bond acceptors (Lipinski definition) is 2. The van der Waals surface area contributed by atoms with Crippen LogP contribution in [0.1, 0.15) is 57.7 Å². The lowest BCUT2D eigenvalue weighted by Gasteiger charge is -2.28. The van der Waals surface area contributed by atoms with E-state index in [1.807, 2.05) is 0 Å². The number of rotatable bonds is 4. The van der Waals surface area contributed by atoms with E-state index in [-0.39, 0.29) is 5.41 Å². The maximum atomic E-state index is 6.05. The second-order valence-electron chi connectivity index (χ2n) is 7.18. The Labute approximate surface area is 124 Å². The molecule has 2 atom stereocenters. The zero-order valence-electron chi connectivity index (χ0n) is 13.5. The first kappa shape index (κ1) is 15.5. The van der Waals surface area contributed by atoms with E-state index in [0.29, 0.717) is 12.6 Å². The monoisotopic (exact) mass is 274 g/mol. The minimum absolute atomic E-state index is 0.220. The minimum atomic E-state index is 0.220. The molecule has 1 fully saturated rings. The predicted molar refractivity (Wildman–Crippen MR) is 86.9 cm³/mol. The Bertz CT molecular complexity index is 416. The van der Waals surface area contributed by atoms with Crippen molar-refractivity contribution in [3.05, 3.63) is 35.4 Å². The van der Waals surface area contributed by atoms with Crippen LogP contribution < -0.4 is 5.73 Å². The summed E-state index contributed by atoms with van der Waals surface area (Å²) in [6.07, 6.45) is 2.61. The van der Waals surface area contributed by atoms with E-state index < -0.39 is 0 Å². The van der Waals surface area contributed by atoms with Crippen molar-refractivity contribution in [1.29, 1.82) is 0 Å². The van der Waals surface area contributed by atoms with Crippen LogP contribution in [0.5, 0.6) is 0 Å². The van der Waals surface area contributed by atoms with Gasteiger partial charge in [-0.1, -0.05) is 58.4 Å². The van der Waals surface area contributed by atoms with Gasteiger partial charge in [-0.2, -0.15) is 0 Å². The molecule has 0 bridgehead atoms. The van der Waals surface area contributed by atoms with Crippen molar-refractivity contribution in [3.63, 3.8) is 0 Å². The lowest BCUT2D eigenvalue weighted by molar-refractivity contribution is 0.241. The first-order chi connectivity index (χ1) is 9.45. The van der Waals surface area contributed by atoms with Crippen molar-refractivity contribution in [3.8, 4) is 0 Å². The fourth-order valence-corrected chi connectivity index (χ4v) is 3.18. The zero-order valence-corrected chi connectivity index (χ0v) is 13.5. The summed E-state index contributed by atoms with van der Waals surface area (Å²) < 4.78 is 0. The van der Waals surface area contributed by atoms with E-state index in [1.54, 1.807) is 0 Å². The van der Waals surface area contributed by atoms with Crippen LogP contribution in [-0.4, -0.2) is 24.5 Å². The summed E-state index contributed by atoms with van der Waals surface area (Å²) in [6.45, 7) is 12.2. The molecule has 0 saturated carbocycles. The van der Waals surface area contributed by atoms with Crippen LogP contribution in [0.2, 0.25) is 0 Å². The molecular formula is C18H30N2. The van der Waals surface area contributed by atoms with Crippen LogP contribution in [-0.2, 0) is 5.41 Å². The Balaban J connectivity index is 2.12. The summed E-state index contributed by atoms with van der Waals surface area (Å²) in [5.41, 5.74) is 9.04. The van der Waals surface area contributed by atoms with Gasteiger partial charge in [0.05, 0.1) is 0 Å². The Morgan fingerprint density at radius 3 is 2.35 bits per heavy atom. The van der Waals surface area contributed by atoms with Gasteiger partial charge in [-0.25, -0.2) is 0 Å². The fraction of sp³-hybridized carbons (Fsp3) is 0.667. The fourth-order valence-electron chi connectivity index (χ4n) is 3.18. The average molecular weight is 274 g/mol. The van der Waals surface area contributed by atoms with Crippen molar-refractivity contribution >= 4 is 0 Å². The van der Waals surface area contributed by atoms with Crippen molar-refractivity contribution in [2.75, 3.05) is 19.6 Å². The van der Waals surface area contributed by atoms with Gasteiger partial charge in [0.15, 0.2) is 0 Å². The third kappa shape index (κ3) is 3.42. The topological polar surface area (TPSA) is 29.3 Å². The molecule has 1 aromatic rings. The largest absolute Gasteiger partial charge is 0.329 e. The van der Waals surface area contributed by atoms with E-state index >= 15 is 0 Å². The Kier molecular flexibility index (Phi) is 4.87. The molecule has 2 unspecified atom stereocenters. The highest BCUT2D eigenvalue weighted by atomic mass is 15.2. The summed E-state index contributed by atoms with van der Waals surface area (Å²) in [4.78, 5) is 2.57. The van der Waals surface area contributed by atoms with Gasteiger partial charge >= 0.3 is 0 Å². The average Bonchev–Trinajstić information content (AvgIpc) is 2.88. The molecule has 2 heteroatoms. The molecule has 1 heterocycles. The lowest BCUT2D eigenvalue weighted by Crippen LogP contribution is -2.32. The first-order valence-electron chi connectivity index (χ1n) is 8.00. The second-order valence-corrected chi connectivity index (χ2v) is 7.18. The quantitative estimate of drug-likeness (QED) is 0.907. The van der Waals surface area contributed by atoms with Gasteiger partial charge in [0.25, 0.3) is 0 Å². The molecule has 0 spiro atoms. The molecule has 1 aliphatic heterocycles. The molecule has 1 saturated heterocycles. The maximum Gasteiger partial charge on any atom is 0.0470 e. The van der Waals surface area contributed by atoms with Crippen LogP contribution in [0.25, 0.3) is 0 Å². The normalized spacial score (nSPS) is 22.1. The molecule has 1 aliphatic rings. The SMILES string of the molecule is CCC1CCN(C(CN)c2ccc(C(C)(C)C)cc2)C1. The lowest BCUT2D eigenvalue weighted by atomic mass is 9.86. The zero-order chi connectivity index (χ0) is 14.8. The Morgan fingerprint density at radius 2 is 1.90 bits per heavy atom. The summed E-state index contributed by atoms with van der Waals surface area (Å²) in [5.74, 6) is 0.859. The first-order valence-corrected chi connectivity index (χ1v) is 8.00. The van der Waals surface area contributed by atoms with Crippen molar-refractivity contribution in [2.45, 2.75) is 52.0 Å². The van der Waals surface area contributed by atoms with E-state index in [0.717, 1.165) is 5.92 Å². The molecule has 0 radical (unpaired) electrons. The number of likely N-dealkylation sites (tertiary alicyclic amines) is 1. The maximum absolute atomic E-state index is 6.05. The third-order valence-corrected chi connectivity index (χ3v) is 4.72. The predicted octanol–water partition coefficient (Wildman–Crippen LogP) is 3.72. The summed E-state index contributed by atoms with van der Waals surface area (Å²) in [5, 5.41) is 0. The van der Waals surface area contributed by atoms with E-state index in [1.165, 1.54) is 37.1 Å².